The third-order valence-electron chi connectivity index (χ3n) is 10.3. The number of nitrogens with one attached hydrogen (secondary N) is 2. The molecule has 8 rings (SSSR count). The van der Waals surface area contributed by atoms with Gasteiger partial charge in [0.25, 0.3) is 5.91 Å². The number of esters is 1. The van der Waals surface area contributed by atoms with E-state index in [1.807, 2.05) is 0 Å². The van der Waals surface area contributed by atoms with E-state index < -0.39 is 42.7 Å². The van der Waals surface area contributed by atoms with Gasteiger partial charge in [0.1, 0.15) is 59.1 Å². The SMILES string of the molecule is Nc1ncnc2c1c(C#CCNC(=O)CCCCCNC(=O)c1ccc3c(c1)C1(OC3=O)c3ccc(O)cc3Oc3cc(O)ccc31)nn2C1OC(CO)C(O)C1O. The summed E-state index contributed by atoms with van der Waals surface area (Å²) in [5.41, 5.74) is 6.81. The molecule has 18 heteroatoms. The van der Waals surface area contributed by atoms with Gasteiger partial charge in [-0.3, -0.25) is 9.59 Å². The highest BCUT2D eigenvalue weighted by molar-refractivity contribution is 6.00. The fourth-order valence-corrected chi connectivity index (χ4v) is 7.43. The van der Waals surface area contributed by atoms with Crippen molar-refractivity contribution in [3.63, 3.8) is 0 Å². The van der Waals surface area contributed by atoms with Crippen LogP contribution in [-0.2, 0) is 19.9 Å². The summed E-state index contributed by atoms with van der Waals surface area (Å²) >= 11 is 0. The number of phenolic OH excluding ortho intramolecular Hbond substituents is 2. The summed E-state index contributed by atoms with van der Waals surface area (Å²) in [6, 6.07) is 13.6. The molecule has 2 amide bonds. The maximum absolute atomic E-state index is 13.3. The molecule has 1 spiro atoms. The lowest BCUT2D eigenvalue weighted by atomic mass is 9.77. The van der Waals surface area contributed by atoms with E-state index in [-0.39, 0.29) is 76.1 Å². The van der Waals surface area contributed by atoms with Crippen LogP contribution in [0, 0.1) is 11.8 Å². The number of amides is 2. The van der Waals surface area contributed by atoms with Crippen LogP contribution in [-0.4, -0.2) is 101 Å². The molecule has 3 aliphatic rings. The van der Waals surface area contributed by atoms with Gasteiger partial charge < -0.3 is 56.1 Å². The number of ether oxygens (including phenoxy) is 3. The maximum atomic E-state index is 13.3. The highest BCUT2D eigenvalue weighted by atomic mass is 16.6. The topological polar surface area (TPSA) is 274 Å². The zero-order valence-corrected chi connectivity index (χ0v) is 30.6. The zero-order chi connectivity index (χ0) is 40.7. The number of aliphatic hydroxyl groups excluding tert-OH is 3. The molecule has 5 heterocycles. The number of benzene rings is 3. The van der Waals surface area contributed by atoms with Gasteiger partial charge >= 0.3 is 5.97 Å². The molecular weight excluding hydrogens is 754 g/mol. The Kier molecular flexibility index (Phi) is 10.0. The highest BCUT2D eigenvalue weighted by Crippen LogP contribution is 2.57. The number of carbonyl (C=O) groups is 3. The lowest BCUT2D eigenvalue weighted by Crippen LogP contribution is -2.33. The summed E-state index contributed by atoms with van der Waals surface area (Å²) in [7, 11) is 0. The Bertz CT molecular complexity index is 2480. The number of nitrogens with zero attached hydrogens (tertiary/aromatic N) is 4. The molecule has 3 aliphatic heterocycles. The molecule has 0 saturated carbocycles. The van der Waals surface area contributed by atoms with Crippen LogP contribution < -0.4 is 21.1 Å². The van der Waals surface area contributed by atoms with Crippen LogP contribution in [0.3, 0.4) is 0 Å². The number of fused-ring (bicyclic) bond motifs is 7. The van der Waals surface area contributed by atoms with Crippen LogP contribution >= 0.6 is 0 Å². The van der Waals surface area contributed by atoms with Crippen molar-refractivity contribution in [3.8, 4) is 34.8 Å². The Morgan fingerprint density at radius 2 is 1.66 bits per heavy atom. The first kappa shape index (κ1) is 38.1. The van der Waals surface area contributed by atoms with E-state index in [0.29, 0.717) is 47.9 Å². The number of rotatable bonds is 10. The number of hydrogen-bond donors (Lipinski definition) is 8. The van der Waals surface area contributed by atoms with Crippen molar-refractivity contribution < 1.29 is 54.1 Å². The molecule has 9 N–H and O–H groups in total. The molecule has 4 unspecified atom stereocenters. The Morgan fingerprint density at radius 1 is 0.914 bits per heavy atom. The standard InChI is InChI=1S/C40H37N7O11/c41-35-32-27(46-47(36(32)45-19-44-35)38-34(53)33(52)30(18-48)57-38)5-4-14-42-31(51)6-2-1-3-13-43-37(54)20-7-10-23-26(15-20)40(58-39(23)55)24-11-8-21(49)16-28(24)56-29-17-22(50)9-12-25(29)40/h7-12,15-17,19,30,33-34,38,48-50,52-53H,1-3,6,13-14,18H2,(H,42,51)(H,43,54)(H2,41,44,45). The van der Waals surface area contributed by atoms with Gasteiger partial charge in [0.15, 0.2) is 17.5 Å². The van der Waals surface area contributed by atoms with Gasteiger partial charge in [-0.1, -0.05) is 12.3 Å². The minimum absolute atomic E-state index is 0.00146. The number of nitrogens with two attached hydrogens (primary N) is 1. The molecule has 1 saturated heterocycles. The fraction of sp³-hybridized carbons (Fsp3) is 0.300. The molecule has 0 aliphatic carbocycles. The van der Waals surface area contributed by atoms with Crippen LogP contribution in [0.25, 0.3) is 11.0 Å². The molecule has 0 radical (unpaired) electrons. The monoisotopic (exact) mass is 791 g/mol. The second-order valence-electron chi connectivity index (χ2n) is 13.9. The minimum atomic E-state index is -1.49. The number of carbonyl (C=O) groups excluding carboxylic acids is 3. The number of unbranched alkanes of at least 4 members (excludes halogenated alkanes) is 2. The molecule has 58 heavy (non-hydrogen) atoms. The second kappa shape index (κ2) is 15.3. The lowest BCUT2D eigenvalue weighted by Gasteiger charge is -2.36. The maximum Gasteiger partial charge on any atom is 0.340 e. The molecule has 1 fully saturated rings. The van der Waals surface area contributed by atoms with Gasteiger partial charge in [-0.2, -0.15) is 5.10 Å². The van der Waals surface area contributed by atoms with E-state index in [4.69, 9.17) is 19.9 Å². The minimum Gasteiger partial charge on any atom is -0.508 e. The summed E-state index contributed by atoms with van der Waals surface area (Å²) in [5.74, 6) is 4.86. The first-order valence-electron chi connectivity index (χ1n) is 18.4. The normalized spacial score (nSPS) is 19.7. The second-order valence-corrected chi connectivity index (χ2v) is 13.9. The van der Waals surface area contributed by atoms with Crippen molar-refractivity contribution in [2.45, 2.75) is 55.8 Å². The van der Waals surface area contributed by atoms with Crippen LogP contribution in [0.4, 0.5) is 5.82 Å². The van der Waals surface area contributed by atoms with Gasteiger partial charge in [0.2, 0.25) is 5.91 Å². The van der Waals surface area contributed by atoms with Crippen molar-refractivity contribution in [1.29, 1.82) is 0 Å². The smallest absolute Gasteiger partial charge is 0.340 e. The fourth-order valence-electron chi connectivity index (χ4n) is 7.43. The van der Waals surface area contributed by atoms with Gasteiger partial charge in [-0.25, -0.2) is 19.4 Å². The summed E-state index contributed by atoms with van der Waals surface area (Å²) < 4.78 is 18.9. The average molecular weight is 792 g/mol. The van der Waals surface area contributed by atoms with E-state index in [9.17, 15) is 39.9 Å². The molecule has 5 aromatic rings. The van der Waals surface area contributed by atoms with Crippen molar-refractivity contribution >= 4 is 34.6 Å². The Morgan fingerprint density at radius 3 is 2.36 bits per heavy atom. The Labute approximate surface area is 329 Å². The first-order chi connectivity index (χ1) is 28.0. The van der Waals surface area contributed by atoms with Gasteiger partial charge in [0.05, 0.1) is 24.1 Å². The van der Waals surface area contributed by atoms with Crippen molar-refractivity contribution in [2.75, 3.05) is 25.4 Å². The van der Waals surface area contributed by atoms with E-state index in [0.717, 1.165) is 0 Å². The molecule has 298 valence electrons. The zero-order valence-electron chi connectivity index (χ0n) is 30.6. The van der Waals surface area contributed by atoms with Crippen LogP contribution in [0.2, 0.25) is 0 Å². The number of phenols is 2. The Hall–Kier alpha value is -6.78. The average Bonchev–Trinajstić information content (AvgIpc) is 3.82. The van der Waals surface area contributed by atoms with Crippen LogP contribution in [0.15, 0.2) is 60.9 Å². The quantitative estimate of drug-likeness (QED) is 0.0565. The highest BCUT2D eigenvalue weighted by Gasteiger charge is 2.54. The summed E-state index contributed by atoms with van der Waals surface area (Å²) in [6.45, 7) is -0.186. The van der Waals surface area contributed by atoms with Gasteiger partial charge in [-0.15, -0.1) is 0 Å². The summed E-state index contributed by atoms with van der Waals surface area (Å²) in [4.78, 5) is 47.2. The number of hydrogen-bond acceptors (Lipinski definition) is 15. The van der Waals surface area contributed by atoms with E-state index >= 15 is 0 Å². The number of aromatic hydroxyl groups is 2. The molecule has 0 bridgehead atoms. The summed E-state index contributed by atoms with van der Waals surface area (Å²) in [5, 5.41) is 60.8. The van der Waals surface area contributed by atoms with Crippen LogP contribution in [0.5, 0.6) is 23.0 Å². The molecule has 2 aromatic heterocycles. The number of aliphatic hydroxyl groups is 3. The first-order valence-corrected chi connectivity index (χ1v) is 18.4. The lowest BCUT2D eigenvalue weighted by molar-refractivity contribution is -0.120. The van der Waals surface area contributed by atoms with E-state index in [2.05, 4.69) is 37.5 Å². The largest absolute Gasteiger partial charge is 0.508 e. The van der Waals surface area contributed by atoms with E-state index in [1.165, 1.54) is 41.3 Å². The van der Waals surface area contributed by atoms with Crippen molar-refractivity contribution in [2.24, 2.45) is 0 Å². The van der Waals surface area contributed by atoms with E-state index in [1.54, 1.807) is 24.3 Å². The molecule has 18 nitrogen and oxygen atoms in total. The van der Waals surface area contributed by atoms with Gasteiger partial charge in [-0.05, 0) is 61.2 Å². The van der Waals surface area contributed by atoms with Gasteiger partial charge in [0, 0.05) is 47.4 Å². The third-order valence-corrected chi connectivity index (χ3v) is 10.3. The Balaban J connectivity index is 0.846. The molecule has 4 atom stereocenters. The number of aromatic nitrogens is 4. The summed E-state index contributed by atoms with van der Waals surface area (Å²) in [6.07, 6.45) is -1.71. The molecular formula is C40H37N7O11. The van der Waals surface area contributed by atoms with Crippen molar-refractivity contribution in [1.82, 2.24) is 30.4 Å². The number of anilines is 1. The number of nitrogen functional groups attached to an aromatic ring is 1. The van der Waals surface area contributed by atoms with Crippen LogP contribution in [0.1, 0.15) is 75.0 Å². The molecule has 3 aromatic carbocycles. The third kappa shape index (κ3) is 6.65. The van der Waals surface area contributed by atoms with Crippen molar-refractivity contribution in [3.05, 3.63) is 94.4 Å². The predicted octanol–water partition coefficient (Wildman–Crippen LogP) is 1.46. The predicted molar refractivity (Wildman–Crippen MR) is 201 cm³/mol.